The maximum atomic E-state index is 14.2. The van der Waals surface area contributed by atoms with Crippen LogP contribution >= 0.6 is 11.2 Å². The highest BCUT2D eigenvalue weighted by atomic mass is 32.3. The van der Waals surface area contributed by atoms with Crippen LogP contribution in [-0.2, 0) is 23.7 Å². The number of nitrogens with two attached hydrogens (primary N) is 5. The molecule has 116 heavy (non-hydrogen) atoms. The van der Waals surface area contributed by atoms with Crippen LogP contribution in [0.15, 0.2) is 85.2 Å². The van der Waals surface area contributed by atoms with Gasteiger partial charge in [0.15, 0.2) is 11.6 Å². The molecule has 0 aliphatic heterocycles. The lowest BCUT2D eigenvalue weighted by Gasteiger charge is -2.38. The van der Waals surface area contributed by atoms with Crippen molar-refractivity contribution in [1.29, 1.82) is 0 Å². The summed E-state index contributed by atoms with van der Waals surface area (Å²) in [6, 6.07) is 14.9. The molecule has 3 aromatic heterocycles. The van der Waals surface area contributed by atoms with E-state index in [1.807, 2.05) is 80.6 Å². The number of primary amides is 2. The first-order valence-corrected chi connectivity index (χ1v) is 38.8. The number of rotatable bonds is 14. The SMILES string of the molecule is CC(C)(C)OC(=O)N[C@@H]1CCCC(=O)[C@@H]1NC(=O)OC(C)(C)C.CC(C)(C)OC(=O)N[C@@H]1[C@H](NC(=O)OC(C)(C)C)CCCC1(F)F.CS(F)(F)F.Cc1cccc(Nc2nc(N[C@@H]3CCCC(F)(F)[C@@H]3N)ncc2C(N)=O)c1.Cc1cccc(Nc2nc(On3nnc4ccccc43)ncc2C(N)=O)c1.N[C@@H]1CCCC(F)(F)[C@@H]1N. The fourth-order valence-corrected chi connectivity index (χ4v) is 11.6. The fraction of sp³-hybridized carbons (Fsp3) is 0.560. The predicted molar refractivity (Wildman–Crippen MR) is 420 cm³/mol. The summed E-state index contributed by atoms with van der Waals surface area (Å²) in [4.78, 5) is 106. The zero-order chi connectivity index (χ0) is 87.3. The van der Waals surface area contributed by atoms with Crippen LogP contribution in [-0.4, -0.2) is 172 Å². The molecule has 4 saturated carbocycles. The Morgan fingerprint density at radius 3 is 1.45 bits per heavy atom. The summed E-state index contributed by atoms with van der Waals surface area (Å²) in [7, 11) is 0. The Kier molecular flexibility index (Phi) is 34.0. The first-order valence-electron chi connectivity index (χ1n) is 37.0. The average Bonchev–Trinajstić information content (AvgIpc) is 0.966. The number of amides is 6. The smallest absolute Gasteiger partial charge is 0.408 e. The fourth-order valence-electron chi connectivity index (χ4n) is 11.6. The number of nitrogens with one attached hydrogen (secondary N) is 7. The molecule has 31 nitrogen and oxygen atoms in total. The number of carbonyl (C=O) groups is 7. The van der Waals surface area contributed by atoms with Gasteiger partial charge in [0.25, 0.3) is 29.6 Å². The maximum Gasteiger partial charge on any atom is 0.408 e. The number of Topliss-reactive ketones (excluding diaryl/α,β-unsaturated/α-hetero) is 1. The number of halogens is 9. The van der Waals surface area contributed by atoms with E-state index >= 15 is 0 Å². The summed E-state index contributed by atoms with van der Waals surface area (Å²) in [5.41, 5.74) is 29.3. The third-order valence-corrected chi connectivity index (χ3v) is 16.7. The first kappa shape index (κ1) is 96.3. The Labute approximate surface area is 669 Å². The summed E-state index contributed by atoms with van der Waals surface area (Å²) in [5, 5.41) is 26.8. The third-order valence-electron chi connectivity index (χ3n) is 16.7. The van der Waals surface area contributed by atoms with E-state index < -0.39 is 136 Å². The second-order valence-corrected chi connectivity index (χ2v) is 33.1. The van der Waals surface area contributed by atoms with Gasteiger partial charge in [-0.25, -0.2) is 55.5 Å². The van der Waals surface area contributed by atoms with Gasteiger partial charge in [-0.05, 0) is 201 Å². The number of hydrogen-bond donors (Lipinski definition) is 12. The second kappa shape index (κ2) is 41.0. The van der Waals surface area contributed by atoms with Crippen molar-refractivity contribution in [1.82, 2.24) is 56.4 Å². The van der Waals surface area contributed by atoms with Crippen LogP contribution in [0.4, 0.5) is 86.1 Å². The van der Waals surface area contributed by atoms with Crippen LogP contribution < -0.4 is 70.7 Å². The van der Waals surface area contributed by atoms with Crippen LogP contribution in [0.5, 0.6) is 6.01 Å². The van der Waals surface area contributed by atoms with Gasteiger partial charge in [-0.15, -0.1) is 16.8 Å². The molecule has 41 heteroatoms. The summed E-state index contributed by atoms with van der Waals surface area (Å²) in [5.74, 6) is -9.75. The largest absolute Gasteiger partial charge is 0.444 e. The number of aromatic nitrogens is 7. The van der Waals surface area contributed by atoms with E-state index in [2.05, 4.69) is 67.5 Å². The number of carbonyl (C=O) groups excluding carboxylic acids is 7. The molecule has 17 N–H and O–H groups in total. The molecule has 0 spiro atoms. The molecule has 644 valence electrons. The van der Waals surface area contributed by atoms with Gasteiger partial charge in [0.05, 0.1) is 30.2 Å². The molecule has 0 bridgehead atoms. The predicted octanol–water partition coefficient (Wildman–Crippen LogP) is 13.4. The van der Waals surface area contributed by atoms with Crippen LogP contribution in [0.3, 0.4) is 0 Å². The number of nitrogens with zero attached hydrogens (tertiary/aromatic N) is 7. The minimum absolute atomic E-state index is 0.00851. The highest BCUT2D eigenvalue weighted by Crippen LogP contribution is 2.48. The lowest BCUT2D eigenvalue weighted by molar-refractivity contribution is -0.123. The van der Waals surface area contributed by atoms with Crippen molar-refractivity contribution in [3.8, 4) is 6.01 Å². The number of ketones is 1. The maximum absolute atomic E-state index is 14.2. The number of ether oxygens (including phenoxy) is 4. The highest BCUT2D eigenvalue weighted by Gasteiger charge is 2.50. The zero-order valence-corrected chi connectivity index (χ0v) is 68.2. The van der Waals surface area contributed by atoms with Gasteiger partial charge in [-0.2, -0.15) is 9.97 Å². The zero-order valence-electron chi connectivity index (χ0n) is 67.4. The van der Waals surface area contributed by atoms with Crippen molar-refractivity contribution in [3.63, 3.8) is 0 Å². The topological polar surface area (TPSA) is 462 Å². The summed E-state index contributed by atoms with van der Waals surface area (Å²) in [6.07, 6.45) is 3.25. The number of fused-ring (bicyclic) bond motifs is 1. The molecule has 0 radical (unpaired) electrons. The number of aryl methyl sites for hydroxylation is 2. The molecular weight excluding hydrogens is 1560 g/mol. The third kappa shape index (κ3) is 33.5. The number of benzene rings is 3. The minimum Gasteiger partial charge on any atom is -0.444 e. The molecule has 10 rings (SSSR count). The van der Waals surface area contributed by atoms with Crippen molar-refractivity contribution >= 4 is 93.1 Å². The van der Waals surface area contributed by atoms with E-state index in [9.17, 15) is 71.6 Å². The van der Waals surface area contributed by atoms with E-state index in [4.69, 9.17) is 52.5 Å². The molecule has 6 aromatic rings. The Morgan fingerprint density at radius 1 is 0.534 bits per heavy atom. The number of alkyl halides is 6. The monoisotopic (exact) mass is 1670 g/mol. The van der Waals surface area contributed by atoms with Crippen molar-refractivity contribution in [2.75, 3.05) is 22.2 Å². The van der Waals surface area contributed by atoms with E-state index in [1.165, 1.54) is 17.2 Å². The summed E-state index contributed by atoms with van der Waals surface area (Å²) < 4.78 is 133. The van der Waals surface area contributed by atoms with Gasteiger partial charge in [0.2, 0.25) is 17.1 Å². The minimum atomic E-state index is -4.67. The van der Waals surface area contributed by atoms with E-state index in [1.54, 1.807) is 89.2 Å². The van der Waals surface area contributed by atoms with E-state index in [0.717, 1.165) is 16.8 Å². The molecule has 4 fully saturated rings. The second-order valence-electron chi connectivity index (χ2n) is 31.8. The van der Waals surface area contributed by atoms with Gasteiger partial charge >= 0.3 is 30.4 Å². The first-order chi connectivity index (χ1) is 53.5. The molecule has 6 amide bonds. The molecule has 0 unspecified atom stereocenters. The average molecular weight is 1670 g/mol. The van der Waals surface area contributed by atoms with Crippen molar-refractivity contribution in [2.45, 2.75) is 262 Å². The summed E-state index contributed by atoms with van der Waals surface area (Å²) >= 11 is -4.67. The summed E-state index contributed by atoms with van der Waals surface area (Å²) in [6.45, 7) is 24.4. The van der Waals surface area contributed by atoms with Gasteiger partial charge < -0.3 is 89.7 Å². The van der Waals surface area contributed by atoms with Crippen molar-refractivity contribution in [3.05, 3.63) is 107 Å². The van der Waals surface area contributed by atoms with Crippen LogP contribution in [0.2, 0.25) is 0 Å². The molecule has 3 aromatic carbocycles. The molecule has 4 aliphatic carbocycles. The molecule has 4 aliphatic rings. The standard InChI is InChI=1S/C18H22F2N6O.C18H15N7O2.C16H28F2N2O4.C16H28N2O5.C6H12F2N2.CH3F3S/c1-10-4-2-5-11(8-10)24-16-12(15(22)27)9-23-17(26-16)25-13-6-3-7-18(19,20)14(13)21;1-11-5-4-6-12(9-11)21-17-13(16(19)26)10-20-18(22-17)27-25-15-8-3-2-7-14(15)23-24-25;1-14(2,3)23-12(21)19-10-8-7-9-16(17,18)11(10)20-13(22)24-15(4,5)6;1-15(2,3)22-13(20)17-10-8-7-9-11(19)12(10)18-14(21)23-16(4,5)6;7-6(8)3-1-2-4(9)5(6)10;1-5(2,3)4/h2,4-5,8-9,13-14H,3,6-7,21H2,1H3,(H2,22,27)(H2,23,24,25,26);2-10H,1H3,(H2,19,26)(H,20,21,22);10-11H,7-9H2,1-6H3,(H,19,21)(H,20,22);10,12H,7-9H2,1-6H3,(H,17,20)(H,18,21);4-5H,1-3,9-10H2;1H3/t13-,14-;;10-,11-;10-,12-;4-,5-;/m1.111./s1. The molecular formula is C75H108F9N19O12S. The number of alkyl carbamates (subject to hydrolysis) is 4. The Hall–Kier alpha value is -10.3. The van der Waals surface area contributed by atoms with Crippen molar-refractivity contribution in [2.24, 2.45) is 28.7 Å². The lowest BCUT2D eigenvalue weighted by Crippen LogP contribution is -2.62. The van der Waals surface area contributed by atoms with Gasteiger partial charge in [0, 0.05) is 61.7 Å². The molecule has 0 saturated heterocycles. The van der Waals surface area contributed by atoms with Gasteiger partial charge in [-0.3, -0.25) is 14.4 Å². The van der Waals surface area contributed by atoms with Crippen LogP contribution in [0, 0.1) is 13.8 Å². The van der Waals surface area contributed by atoms with E-state index in [0.29, 0.717) is 68.1 Å². The molecule has 8 atom stereocenters. The molecule has 3 heterocycles. The normalized spacial score (nSPS) is 20.9. The number of para-hydroxylation sites is 1. The van der Waals surface area contributed by atoms with Gasteiger partial charge in [0.1, 0.15) is 62.5 Å². The van der Waals surface area contributed by atoms with Crippen LogP contribution in [0.1, 0.15) is 192 Å². The van der Waals surface area contributed by atoms with Gasteiger partial charge in [-0.1, -0.05) is 41.2 Å². The highest BCUT2D eigenvalue weighted by molar-refractivity contribution is 8.20. The number of hydrogen-bond acceptors (Lipinski definition) is 24. The number of anilines is 5. The van der Waals surface area contributed by atoms with Crippen molar-refractivity contribution < 1.29 is 95.3 Å². The Morgan fingerprint density at radius 2 is 0.966 bits per heavy atom. The quantitative estimate of drug-likeness (QED) is 0.0356. The van der Waals surface area contributed by atoms with E-state index in [-0.39, 0.29) is 72.4 Å². The lowest BCUT2D eigenvalue weighted by atomic mass is 9.87. The Bertz CT molecular complexity index is 4290. The Balaban J connectivity index is 0.000000260. The van der Waals surface area contributed by atoms with Crippen LogP contribution in [0.25, 0.3) is 11.0 Å².